The van der Waals surface area contributed by atoms with Crippen molar-refractivity contribution in [2.75, 3.05) is 13.7 Å². The topological polar surface area (TPSA) is 61.8 Å². The zero-order valence-electron chi connectivity index (χ0n) is 21.7. The van der Waals surface area contributed by atoms with Gasteiger partial charge in [0.25, 0.3) is 0 Å². The average molecular weight is 489 g/mol. The van der Waals surface area contributed by atoms with Crippen LogP contribution in [0.5, 0.6) is 11.5 Å². The van der Waals surface area contributed by atoms with Gasteiger partial charge < -0.3 is 14.2 Å². The van der Waals surface area contributed by atoms with Crippen LogP contribution in [0, 0.1) is 6.92 Å². The molecule has 0 aliphatic rings. The fourth-order valence-electron chi connectivity index (χ4n) is 4.05. The van der Waals surface area contributed by atoms with Crippen molar-refractivity contribution in [1.29, 1.82) is 0 Å². The van der Waals surface area contributed by atoms with Gasteiger partial charge in [0.1, 0.15) is 11.5 Å². The van der Waals surface area contributed by atoms with Gasteiger partial charge in [0, 0.05) is 12.0 Å². The summed E-state index contributed by atoms with van der Waals surface area (Å²) in [6, 6.07) is 21.1. The molecule has 0 aliphatic heterocycles. The molecule has 0 bridgehead atoms. The third-order valence-corrected chi connectivity index (χ3v) is 6.22. The predicted molar refractivity (Wildman–Crippen MR) is 142 cm³/mol. The molecule has 0 N–H and O–H groups in total. The van der Waals surface area contributed by atoms with Gasteiger partial charge in [0.05, 0.1) is 25.4 Å². The maximum Gasteiger partial charge on any atom is 0.305 e. The molecule has 0 heterocycles. The highest BCUT2D eigenvalue weighted by Gasteiger charge is 2.16. The first-order chi connectivity index (χ1) is 17.4. The van der Waals surface area contributed by atoms with Crippen LogP contribution < -0.4 is 9.47 Å². The summed E-state index contributed by atoms with van der Waals surface area (Å²) in [6.07, 6.45) is 3.51. The van der Waals surface area contributed by atoms with E-state index in [0.717, 1.165) is 41.7 Å². The molecule has 0 saturated heterocycles. The Kier molecular flexibility index (Phi) is 10.1. The molecule has 3 rings (SSSR count). The molecule has 0 spiro atoms. The molecule has 3 aromatic carbocycles. The molecule has 190 valence electrons. The number of benzene rings is 3. The lowest BCUT2D eigenvalue weighted by Gasteiger charge is -2.17. The molecule has 0 amide bonds. The maximum atomic E-state index is 13.1. The summed E-state index contributed by atoms with van der Waals surface area (Å²) in [5.74, 6) is 1.20. The minimum absolute atomic E-state index is 0.0156. The number of esters is 1. The summed E-state index contributed by atoms with van der Waals surface area (Å²) in [6.45, 7) is 6.64. The molecular formula is C31H36O5. The summed E-state index contributed by atoms with van der Waals surface area (Å²) >= 11 is 0. The summed E-state index contributed by atoms with van der Waals surface area (Å²) in [5.41, 5.74) is 4.58. The smallest absolute Gasteiger partial charge is 0.305 e. The van der Waals surface area contributed by atoms with Crippen LogP contribution >= 0.6 is 0 Å². The summed E-state index contributed by atoms with van der Waals surface area (Å²) in [5, 5.41) is 0. The first-order valence-electron chi connectivity index (χ1n) is 12.6. The minimum atomic E-state index is -0.205. The van der Waals surface area contributed by atoms with E-state index < -0.39 is 0 Å². The number of carbonyl (C=O) groups is 2. The first kappa shape index (κ1) is 27.0. The van der Waals surface area contributed by atoms with Crippen molar-refractivity contribution in [1.82, 2.24) is 0 Å². The van der Waals surface area contributed by atoms with Crippen LogP contribution in [0.2, 0.25) is 0 Å². The molecule has 0 aliphatic carbocycles. The predicted octanol–water partition coefficient (Wildman–Crippen LogP) is 6.52. The Balaban J connectivity index is 1.52. The number of rotatable bonds is 13. The maximum absolute atomic E-state index is 13.1. The number of ether oxygens (including phenoxy) is 3. The quantitative estimate of drug-likeness (QED) is 0.156. The van der Waals surface area contributed by atoms with E-state index in [9.17, 15) is 9.59 Å². The van der Waals surface area contributed by atoms with Crippen molar-refractivity contribution in [3.05, 3.63) is 94.5 Å². The van der Waals surface area contributed by atoms with Gasteiger partial charge in [-0.25, -0.2) is 0 Å². The van der Waals surface area contributed by atoms with Crippen molar-refractivity contribution in [3.8, 4) is 11.5 Å². The molecule has 5 heteroatoms. The van der Waals surface area contributed by atoms with Crippen molar-refractivity contribution in [2.45, 2.75) is 59.0 Å². The number of aryl methyl sites for hydroxylation is 3. The second-order valence-corrected chi connectivity index (χ2v) is 8.96. The third-order valence-electron chi connectivity index (χ3n) is 6.22. The zero-order valence-corrected chi connectivity index (χ0v) is 21.7. The Labute approximate surface area is 214 Å². The molecule has 0 fully saturated rings. The molecule has 3 aromatic rings. The number of ketones is 1. The standard InChI is InChI=1S/C31H36O5/c1-5-24-13-17-29(28(21-24)31(33)26-11-7-6-8-12-26)35-19-9-10-23(3)36-27-16-14-25(22(2)20-27)15-18-30(32)34-4/h6-8,11-14,16-17,20-21,23H,5,9-10,15,18-19H2,1-4H3. The van der Waals surface area contributed by atoms with E-state index in [1.807, 2.05) is 80.6 Å². The minimum Gasteiger partial charge on any atom is -0.493 e. The largest absolute Gasteiger partial charge is 0.493 e. The molecule has 5 nitrogen and oxygen atoms in total. The normalized spacial score (nSPS) is 11.6. The highest BCUT2D eigenvalue weighted by Crippen LogP contribution is 2.25. The van der Waals surface area contributed by atoms with Crippen LogP contribution in [0.1, 0.15) is 65.7 Å². The second-order valence-electron chi connectivity index (χ2n) is 8.96. The van der Waals surface area contributed by atoms with Gasteiger partial charge in [-0.2, -0.15) is 0 Å². The SMILES string of the molecule is CCc1ccc(OCCCC(C)Oc2ccc(CCC(=O)OC)c(C)c2)c(C(=O)c2ccccc2)c1. The van der Waals surface area contributed by atoms with Gasteiger partial charge in [-0.15, -0.1) is 0 Å². The summed E-state index contributed by atoms with van der Waals surface area (Å²) < 4.78 is 16.9. The molecule has 1 atom stereocenters. The lowest BCUT2D eigenvalue weighted by atomic mass is 9.99. The highest BCUT2D eigenvalue weighted by molar-refractivity contribution is 6.10. The van der Waals surface area contributed by atoms with Gasteiger partial charge >= 0.3 is 5.97 Å². The van der Waals surface area contributed by atoms with Gasteiger partial charge in [-0.3, -0.25) is 9.59 Å². The van der Waals surface area contributed by atoms with Gasteiger partial charge in [-0.1, -0.05) is 49.4 Å². The molecule has 1 unspecified atom stereocenters. The van der Waals surface area contributed by atoms with E-state index >= 15 is 0 Å². The fourth-order valence-corrected chi connectivity index (χ4v) is 4.05. The monoisotopic (exact) mass is 488 g/mol. The van der Waals surface area contributed by atoms with E-state index in [1.165, 1.54) is 7.11 Å². The van der Waals surface area contributed by atoms with E-state index in [4.69, 9.17) is 14.2 Å². The summed E-state index contributed by atoms with van der Waals surface area (Å²) in [7, 11) is 1.41. The third kappa shape index (κ3) is 7.70. The molecule has 0 aromatic heterocycles. The van der Waals surface area contributed by atoms with Gasteiger partial charge in [0.2, 0.25) is 0 Å². The molecule has 0 saturated carbocycles. The Bertz CT molecular complexity index is 1150. The van der Waals surface area contributed by atoms with E-state index in [2.05, 4.69) is 6.92 Å². The lowest BCUT2D eigenvalue weighted by Crippen LogP contribution is -2.14. The molecule has 0 radical (unpaired) electrons. The number of hydrogen-bond donors (Lipinski definition) is 0. The first-order valence-corrected chi connectivity index (χ1v) is 12.6. The zero-order chi connectivity index (χ0) is 25.9. The van der Waals surface area contributed by atoms with E-state index in [0.29, 0.717) is 36.3 Å². The highest BCUT2D eigenvalue weighted by atomic mass is 16.5. The lowest BCUT2D eigenvalue weighted by molar-refractivity contribution is -0.140. The molecular weight excluding hydrogens is 452 g/mol. The van der Waals surface area contributed by atoms with Gasteiger partial charge in [-0.05, 0) is 80.5 Å². The van der Waals surface area contributed by atoms with E-state index in [1.54, 1.807) is 0 Å². The number of carbonyl (C=O) groups excluding carboxylic acids is 2. The second kappa shape index (κ2) is 13.5. The van der Waals surface area contributed by atoms with Crippen LogP contribution in [-0.2, 0) is 22.4 Å². The fraction of sp³-hybridized carbons (Fsp3) is 0.355. The summed E-state index contributed by atoms with van der Waals surface area (Å²) in [4.78, 5) is 24.5. The van der Waals surface area contributed by atoms with Crippen LogP contribution in [0.3, 0.4) is 0 Å². The van der Waals surface area contributed by atoms with Crippen LogP contribution in [0.15, 0.2) is 66.7 Å². The Hall–Kier alpha value is -3.60. The Morgan fingerprint density at radius 2 is 1.75 bits per heavy atom. The van der Waals surface area contributed by atoms with Crippen molar-refractivity contribution in [3.63, 3.8) is 0 Å². The van der Waals surface area contributed by atoms with Crippen LogP contribution in [-0.4, -0.2) is 31.6 Å². The van der Waals surface area contributed by atoms with E-state index in [-0.39, 0.29) is 17.9 Å². The Morgan fingerprint density at radius 3 is 2.44 bits per heavy atom. The van der Waals surface area contributed by atoms with Crippen LogP contribution in [0.25, 0.3) is 0 Å². The van der Waals surface area contributed by atoms with Crippen LogP contribution in [0.4, 0.5) is 0 Å². The van der Waals surface area contributed by atoms with Gasteiger partial charge in [0.15, 0.2) is 5.78 Å². The Morgan fingerprint density at radius 1 is 0.972 bits per heavy atom. The number of hydrogen-bond acceptors (Lipinski definition) is 5. The van der Waals surface area contributed by atoms with Crippen molar-refractivity contribution >= 4 is 11.8 Å². The van der Waals surface area contributed by atoms with Crippen molar-refractivity contribution in [2.24, 2.45) is 0 Å². The average Bonchev–Trinajstić information content (AvgIpc) is 2.90. The number of methoxy groups -OCH3 is 1. The molecule has 36 heavy (non-hydrogen) atoms. The van der Waals surface area contributed by atoms with Crippen molar-refractivity contribution < 1.29 is 23.8 Å².